The van der Waals surface area contributed by atoms with Crippen molar-refractivity contribution in [1.82, 2.24) is 9.13 Å². The average molecular weight is 198 g/mol. The van der Waals surface area contributed by atoms with Crippen LogP contribution in [0.2, 0.25) is 0 Å². The lowest BCUT2D eigenvalue weighted by Gasteiger charge is -2.00. The summed E-state index contributed by atoms with van der Waals surface area (Å²) >= 11 is 5.22. The Balaban J connectivity index is 2.67. The Morgan fingerprint density at radius 3 is 2.46 bits per heavy atom. The molecular formula is C10H18N2S. The monoisotopic (exact) mass is 198 g/mol. The largest absolute Gasteiger partial charge is 0.327 e. The molecule has 0 spiro atoms. The zero-order valence-corrected chi connectivity index (χ0v) is 9.52. The highest BCUT2D eigenvalue weighted by atomic mass is 32.1. The molecule has 0 aliphatic heterocycles. The normalized spacial score (nSPS) is 10.7. The molecule has 0 saturated heterocycles. The first-order chi connectivity index (χ1) is 6.16. The van der Waals surface area contributed by atoms with Crippen LogP contribution in [-0.4, -0.2) is 9.13 Å². The highest BCUT2D eigenvalue weighted by molar-refractivity contribution is 7.71. The van der Waals surface area contributed by atoms with Gasteiger partial charge in [0.2, 0.25) is 0 Å². The molecule has 1 aromatic rings. The fourth-order valence-corrected chi connectivity index (χ4v) is 1.68. The van der Waals surface area contributed by atoms with Gasteiger partial charge in [0.25, 0.3) is 0 Å². The minimum absolute atomic E-state index is 0.909. The van der Waals surface area contributed by atoms with E-state index in [2.05, 4.69) is 17.7 Å². The molecule has 0 aliphatic rings. The van der Waals surface area contributed by atoms with E-state index >= 15 is 0 Å². The number of imidazole rings is 1. The summed E-state index contributed by atoms with van der Waals surface area (Å²) in [7, 11) is 4.05. The van der Waals surface area contributed by atoms with E-state index < -0.39 is 0 Å². The van der Waals surface area contributed by atoms with Gasteiger partial charge in [-0.3, -0.25) is 0 Å². The lowest BCUT2D eigenvalue weighted by atomic mass is 10.2. The van der Waals surface area contributed by atoms with Gasteiger partial charge in [0.1, 0.15) is 0 Å². The third-order valence-corrected chi connectivity index (χ3v) is 2.96. The maximum absolute atomic E-state index is 5.22. The van der Waals surface area contributed by atoms with Crippen molar-refractivity contribution in [2.24, 2.45) is 14.1 Å². The molecule has 0 radical (unpaired) electrons. The Labute approximate surface area is 85.2 Å². The molecule has 0 unspecified atom stereocenters. The van der Waals surface area contributed by atoms with Gasteiger partial charge in [-0.15, -0.1) is 0 Å². The van der Waals surface area contributed by atoms with Crippen molar-refractivity contribution >= 4 is 12.2 Å². The molecule has 0 aromatic carbocycles. The van der Waals surface area contributed by atoms with Crippen molar-refractivity contribution in [2.45, 2.75) is 32.6 Å². The van der Waals surface area contributed by atoms with Gasteiger partial charge >= 0.3 is 0 Å². The predicted molar refractivity (Wildman–Crippen MR) is 58.4 cm³/mol. The first-order valence-electron chi connectivity index (χ1n) is 4.88. The lowest BCUT2D eigenvalue weighted by Crippen LogP contribution is -1.96. The highest BCUT2D eigenvalue weighted by Gasteiger charge is 2.01. The molecule has 0 aliphatic carbocycles. The topological polar surface area (TPSA) is 9.86 Å². The second-order valence-electron chi connectivity index (χ2n) is 3.53. The van der Waals surface area contributed by atoms with E-state index in [1.165, 1.54) is 25.0 Å². The van der Waals surface area contributed by atoms with Crippen molar-refractivity contribution in [1.29, 1.82) is 0 Å². The molecule has 0 fully saturated rings. The minimum Gasteiger partial charge on any atom is -0.327 e. The van der Waals surface area contributed by atoms with Crippen LogP contribution in [0.5, 0.6) is 0 Å². The Kier molecular flexibility index (Phi) is 3.72. The van der Waals surface area contributed by atoms with Gasteiger partial charge in [-0.25, -0.2) is 0 Å². The Hall–Kier alpha value is -0.570. The van der Waals surface area contributed by atoms with Crippen molar-refractivity contribution < 1.29 is 0 Å². The van der Waals surface area contributed by atoms with E-state index in [9.17, 15) is 0 Å². The number of hydrogen-bond acceptors (Lipinski definition) is 1. The van der Waals surface area contributed by atoms with Crippen LogP contribution >= 0.6 is 12.2 Å². The van der Waals surface area contributed by atoms with E-state index in [4.69, 9.17) is 12.2 Å². The summed E-state index contributed by atoms with van der Waals surface area (Å²) in [6, 6.07) is 0. The second kappa shape index (κ2) is 4.61. The molecule has 0 N–H and O–H groups in total. The Morgan fingerprint density at radius 2 is 2.00 bits per heavy atom. The van der Waals surface area contributed by atoms with Gasteiger partial charge in [-0.1, -0.05) is 19.8 Å². The van der Waals surface area contributed by atoms with E-state index in [0.717, 1.165) is 11.2 Å². The number of hydrogen-bond donors (Lipinski definition) is 0. The van der Waals surface area contributed by atoms with E-state index in [-0.39, 0.29) is 0 Å². The van der Waals surface area contributed by atoms with Crippen LogP contribution in [0, 0.1) is 4.77 Å². The minimum atomic E-state index is 0.909. The number of unbranched alkanes of at least 4 members (excludes halogenated alkanes) is 2. The number of nitrogens with zero attached hydrogens (tertiary/aromatic N) is 2. The maximum Gasteiger partial charge on any atom is 0.179 e. The molecule has 3 heteroatoms. The predicted octanol–water partition coefficient (Wildman–Crippen LogP) is 2.83. The summed E-state index contributed by atoms with van der Waals surface area (Å²) in [5.41, 5.74) is 1.35. The first-order valence-corrected chi connectivity index (χ1v) is 5.29. The van der Waals surface area contributed by atoms with Gasteiger partial charge in [0.05, 0.1) is 0 Å². The molecule has 1 rings (SSSR count). The molecule has 1 heterocycles. The van der Waals surface area contributed by atoms with Gasteiger partial charge in [0, 0.05) is 26.0 Å². The van der Waals surface area contributed by atoms with Gasteiger partial charge < -0.3 is 9.13 Å². The van der Waals surface area contributed by atoms with E-state index in [1.807, 2.05) is 18.7 Å². The second-order valence-corrected chi connectivity index (χ2v) is 3.90. The molecule has 13 heavy (non-hydrogen) atoms. The number of aryl methyl sites for hydroxylation is 2. The highest BCUT2D eigenvalue weighted by Crippen LogP contribution is 2.07. The van der Waals surface area contributed by atoms with E-state index in [1.54, 1.807) is 0 Å². The smallest absolute Gasteiger partial charge is 0.179 e. The summed E-state index contributed by atoms with van der Waals surface area (Å²) in [6.45, 7) is 2.23. The summed E-state index contributed by atoms with van der Waals surface area (Å²) in [4.78, 5) is 0. The third-order valence-electron chi connectivity index (χ3n) is 2.40. The van der Waals surface area contributed by atoms with Crippen LogP contribution < -0.4 is 0 Å². The molecule has 2 nitrogen and oxygen atoms in total. The van der Waals surface area contributed by atoms with Crippen LogP contribution in [0.15, 0.2) is 6.20 Å². The van der Waals surface area contributed by atoms with Crippen molar-refractivity contribution in [2.75, 3.05) is 0 Å². The lowest BCUT2D eigenvalue weighted by molar-refractivity contribution is 0.683. The standard InChI is InChI=1S/C10H18N2S/c1-4-5-6-7-9-8-11(2)10(13)12(9)3/h8H,4-7H2,1-3H3. The molecule has 0 bridgehead atoms. The van der Waals surface area contributed by atoms with E-state index in [0.29, 0.717) is 0 Å². The van der Waals surface area contributed by atoms with Gasteiger partial charge in [-0.05, 0) is 25.1 Å². The number of aromatic nitrogens is 2. The van der Waals surface area contributed by atoms with Crippen LogP contribution in [0.4, 0.5) is 0 Å². The fourth-order valence-electron chi connectivity index (χ4n) is 1.51. The van der Waals surface area contributed by atoms with Gasteiger partial charge in [0.15, 0.2) is 4.77 Å². The van der Waals surface area contributed by atoms with Crippen LogP contribution in [-0.2, 0) is 20.5 Å². The maximum atomic E-state index is 5.22. The van der Waals surface area contributed by atoms with Crippen molar-refractivity contribution in [3.63, 3.8) is 0 Å². The average Bonchev–Trinajstić information content (AvgIpc) is 2.34. The first kappa shape index (κ1) is 10.5. The quantitative estimate of drug-likeness (QED) is 0.534. The fraction of sp³-hybridized carbons (Fsp3) is 0.700. The summed E-state index contributed by atoms with van der Waals surface area (Å²) in [6.07, 6.45) is 7.13. The van der Waals surface area contributed by atoms with Gasteiger partial charge in [-0.2, -0.15) is 0 Å². The van der Waals surface area contributed by atoms with Crippen molar-refractivity contribution in [3.05, 3.63) is 16.7 Å². The molecular weight excluding hydrogens is 180 g/mol. The number of rotatable bonds is 4. The molecule has 0 atom stereocenters. The summed E-state index contributed by atoms with van der Waals surface area (Å²) in [5.74, 6) is 0. The van der Waals surface area contributed by atoms with Crippen LogP contribution in [0.1, 0.15) is 31.9 Å². The van der Waals surface area contributed by atoms with Crippen LogP contribution in [0.25, 0.3) is 0 Å². The molecule has 74 valence electrons. The Morgan fingerprint density at radius 1 is 1.31 bits per heavy atom. The molecule has 1 aromatic heterocycles. The molecule has 0 saturated carbocycles. The SMILES string of the molecule is CCCCCc1cn(C)c(=S)n1C. The molecule has 0 amide bonds. The Bertz CT molecular complexity index is 322. The summed E-state index contributed by atoms with van der Waals surface area (Å²) in [5, 5.41) is 0. The summed E-state index contributed by atoms with van der Waals surface area (Å²) < 4.78 is 5.02. The zero-order chi connectivity index (χ0) is 9.84. The van der Waals surface area contributed by atoms with Crippen molar-refractivity contribution in [3.8, 4) is 0 Å². The van der Waals surface area contributed by atoms with Crippen LogP contribution in [0.3, 0.4) is 0 Å². The zero-order valence-electron chi connectivity index (χ0n) is 8.71. The third kappa shape index (κ3) is 2.44.